The van der Waals surface area contributed by atoms with Crippen molar-refractivity contribution in [2.45, 2.75) is 20.0 Å². The number of aliphatic carboxylic acids is 1. The third kappa shape index (κ3) is 3.52. The molecule has 0 aromatic rings. The second-order valence-electron chi connectivity index (χ2n) is 2.21. The standard InChI is InChI=1S/C7H10O4/c1-4(3-6(9)10)7(11)5(2)8/h3,5,8H,1-2H3,(H,9,10). The Bertz CT molecular complexity index is 202. The van der Waals surface area contributed by atoms with Crippen LogP contribution in [0.4, 0.5) is 0 Å². The van der Waals surface area contributed by atoms with Crippen LogP contribution in [0.5, 0.6) is 0 Å². The lowest BCUT2D eigenvalue weighted by molar-refractivity contribution is -0.132. The Kier molecular flexibility index (Phi) is 3.47. The summed E-state index contributed by atoms with van der Waals surface area (Å²) in [5.41, 5.74) is 0.0486. The molecule has 4 heteroatoms. The molecule has 0 saturated heterocycles. The number of rotatable bonds is 3. The van der Waals surface area contributed by atoms with Gasteiger partial charge in [-0.05, 0) is 13.8 Å². The molecule has 0 aliphatic carbocycles. The van der Waals surface area contributed by atoms with Crippen molar-refractivity contribution in [3.05, 3.63) is 11.6 Å². The molecule has 1 unspecified atom stereocenters. The lowest BCUT2D eigenvalue weighted by atomic mass is 10.1. The fourth-order valence-electron chi connectivity index (χ4n) is 0.586. The molecule has 1 atom stereocenters. The van der Waals surface area contributed by atoms with E-state index in [2.05, 4.69) is 0 Å². The molecule has 0 rings (SSSR count). The van der Waals surface area contributed by atoms with E-state index in [4.69, 9.17) is 10.2 Å². The van der Waals surface area contributed by atoms with Crippen molar-refractivity contribution in [3.63, 3.8) is 0 Å². The third-order valence-corrected chi connectivity index (χ3v) is 1.11. The number of carbonyl (C=O) groups excluding carboxylic acids is 1. The van der Waals surface area contributed by atoms with Crippen molar-refractivity contribution in [2.75, 3.05) is 0 Å². The molecule has 0 aliphatic heterocycles. The predicted molar refractivity (Wildman–Crippen MR) is 38.1 cm³/mol. The number of hydrogen-bond donors (Lipinski definition) is 2. The largest absolute Gasteiger partial charge is 0.478 e. The maximum absolute atomic E-state index is 10.8. The summed E-state index contributed by atoms with van der Waals surface area (Å²) in [5.74, 6) is -1.75. The van der Waals surface area contributed by atoms with Crippen molar-refractivity contribution in [1.82, 2.24) is 0 Å². The molecule has 0 radical (unpaired) electrons. The summed E-state index contributed by atoms with van der Waals surface area (Å²) in [6.45, 7) is 2.64. The highest BCUT2D eigenvalue weighted by Gasteiger charge is 2.11. The fourth-order valence-corrected chi connectivity index (χ4v) is 0.586. The summed E-state index contributed by atoms with van der Waals surface area (Å²) < 4.78 is 0. The zero-order valence-corrected chi connectivity index (χ0v) is 6.37. The van der Waals surface area contributed by atoms with Gasteiger partial charge in [0, 0.05) is 11.6 Å². The van der Waals surface area contributed by atoms with E-state index in [1.165, 1.54) is 13.8 Å². The normalized spacial score (nSPS) is 14.3. The topological polar surface area (TPSA) is 74.6 Å². The lowest BCUT2D eigenvalue weighted by Gasteiger charge is -2.00. The van der Waals surface area contributed by atoms with Crippen LogP contribution in [0, 0.1) is 0 Å². The Morgan fingerprint density at radius 3 is 2.18 bits per heavy atom. The molecular weight excluding hydrogens is 148 g/mol. The van der Waals surface area contributed by atoms with Crippen molar-refractivity contribution in [3.8, 4) is 0 Å². The molecule has 0 aromatic heterocycles. The molecule has 0 aromatic carbocycles. The molecule has 0 amide bonds. The number of aliphatic hydroxyl groups excluding tert-OH is 1. The zero-order valence-electron chi connectivity index (χ0n) is 6.37. The molecule has 0 bridgehead atoms. The van der Waals surface area contributed by atoms with Crippen LogP contribution in [0.3, 0.4) is 0 Å². The number of aliphatic hydroxyl groups is 1. The quantitative estimate of drug-likeness (QED) is 0.565. The van der Waals surface area contributed by atoms with Crippen LogP contribution >= 0.6 is 0 Å². The van der Waals surface area contributed by atoms with E-state index in [9.17, 15) is 9.59 Å². The minimum atomic E-state index is -1.18. The van der Waals surface area contributed by atoms with Gasteiger partial charge in [-0.15, -0.1) is 0 Å². The van der Waals surface area contributed by atoms with E-state index in [1.54, 1.807) is 0 Å². The van der Waals surface area contributed by atoms with Gasteiger partial charge >= 0.3 is 5.97 Å². The summed E-state index contributed by atoms with van der Waals surface area (Å²) in [6.07, 6.45) is -0.361. The summed E-state index contributed by atoms with van der Waals surface area (Å²) in [7, 11) is 0. The van der Waals surface area contributed by atoms with Gasteiger partial charge in [0.05, 0.1) is 0 Å². The van der Waals surface area contributed by atoms with Gasteiger partial charge in [0.15, 0.2) is 5.78 Å². The molecule has 0 aliphatic rings. The van der Waals surface area contributed by atoms with E-state index >= 15 is 0 Å². The average Bonchev–Trinajstić information content (AvgIpc) is 1.84. The van der Waals surface area contributed by atoms with Crippen LogP contribution in [-0.2, 0) is 9.59 Å². The number of carboxylic acid groups (broad SMARTS) is 1. The molecule has 0 saturated carbocycles. The highest BCUT2D eigenvalue weighted by molar-refractivity contribution is 6.02. The minimum Gasteiger partial charge on any atom is -0.478 e. The molecular formula is C7H10O4. The monoisotopic (exact) mass is 158 g/mol. The van der Waals surface area contributed by atoms with Gasteiger partial charge in [0.2, 0.25) is 0 Å². The first-order valence-corrected chi connectivity index (χ1v) is 3.08. The Hall–Kier alpha value is -1.16. The van der Waals surface area contributed by atoms with Crippen molar-refractivity contribution >= 4 is 11.8 Å². The highest BCUT2D eigenvalue weighted by Crippen LogP contribution is 1.98. The Balaban J connectivity index is 4.36. The first kappa shape index (κ1) is 9.84. The number of ketones is 1. The van der Waals surface area contributed by atoms with Crippen molar-refractivity contribution < 1.29 is 19.8 Å². The Labute approximate surface area is 64.2 Å². The first-order valence-electron chi connectivity index (χ1n) is 3.08. The second-order valence-corrected chi connectivity index (χ2v) is 2.21. The van der Waals surface area contributed by atoms with Crippen molar-refractivity contribution in [1.29, 1.82) is 0 Å². The summed E-state index contributed by atoms with van der Waals surface area (Å²) in [6, 6.07) is 0. The van der Waals surface area contributed by atoms with Gasteiger partial charge in [-0.2, -0.15) is 0 Å². The second kappa shape index (κ2) is 3.88. The van der Waals surface area contributed by atoms with E-state index in [0.717, 1.165) is 6.08 Å². The van der Waals surface area contributed by atoms with Gasteiger partial charge in [-0.3, -0.25) is 4.79 Å². The molecule has 11 heavy (non-hydrogen) atoms. The highest BCUT2D eigenvalue weighted by atomic mass is 16.4. The van der Waals surface area contributed by atoms with Crippen LogP contribution in [0.1, 0.15) is 13.8 Å². The summed E-state index contributed by atoms with van der Waals surface area (Å²) in [4.78, 5) is 20.8. The molecule has 2 N–H and O–H groups in total. The van der Waals surface area contributed by atoms with Gasteiger partial charge in [-0.25, -0.2) is 4.79 Å². The van der Waals surface area contributed by atoms with Crippen LogP contribution in [0.25, 0.3) is 0 Å². The molecule has 4 nitrogen and oxygen atoms in total. The molecule has 62 valence electrons. The smallest absolute Gasteiger partial charge is 0.328 e. The van der Waals surface area contributed by atoms with Crippen molar-refractivity contribution in [2.24, 2.45) is 0 Å². The lowest BCUT2D eigenvalue weighted by Crippen LogP contribution is -2.17. The zero-order chi connectivity index (χ0) is 9.02. The number of carbonyl (C=O) groups is 2. The molecule has 0 fully saturated rings. The maximum Gasteiger partial charge on any atom is 0.328 e. The van der Waals surface area contributed by atoms with Gasteiger partial charge < -0.3 is 10.2 Å². The summed E-state index contributed by atoms with van der Waals surface area (Å²) >= 11 is 0. The number of Topliss-reactive ketones (excluding diaryl/α,β-unsaturated/α-hetero) is 1. The Morgan fingerprint density at radius 1 is 1.45 bits per heavy atom. The van der Waals surface area contributed by atoms with Crippen LogP contribution < -0.4 is 0 Å². The number of hydrogen-bond acceptors (Lipinski definition) is 3. The fraction of sp³-hybridized carbons (Fsp3) is 0.429. The van der Waals surface area contributed by atoms with E-state index in [-0.39, 0.29) is 5.57 Å². The van der Waals surface area contributed by atoms with Crippen LogP contribution in [-0.4, -0.2) is 28.1 Å². The predicted octanol–water partition coefficient (Wildman–Crippen LogP) is -0.0328. The van der Waals surface area contributed by atoms with E-state index < -0.39 is 17.9 Å². The number of carboxylic acids is 1. The average molecular weight is 158 g/mol. The maximum atomic E-state index is 10.8. The third-order valence-electron chi connectivity index (χ3n) is 1.11. The molecule has 0 spiro atoms. The summed E-state index contributed by atoms with van der Waals surface area (Å²) in [5, 5.41) is 16.9. The van der Waals surface area contributed by atoms with E-state index in [0.29, 0.717) is 0 Å². The SMILES string of the molecule is CC(=CC(=O)O)C(=O)C(C)O. The van der Waals surface area contributed by atoms with Gasteiger partial charge in [0.1, 0.15) is 6.10 Å². The molecule has 0 heterocycles. The van der Waals surface area contributed by atoms with Crippen LogP contribution in [0.2, 0.25) is 0 Å². The van der Waals surface area contributed by atoms with Gasteiger partial charge in [0.25, 0.3) is 0 Å². The van der Waals surface area contributed by atoms with Crippen LogP contribution in [0.15, 0.2) is 11.6 Å². The van der Waals surface area contributed by atoms with E-state index in [1.807, 2.05) is 0 Å². The minimum absolute atomic E-state index is 0.0486. The Morgan fingerprint density at radius 2 is 1.91 bits per heavy atom. The van der Waals surface area contributed by atoms with Gasteiger partial charge in [-0.1, -0.05) is 0 Å². The first-order chi connectivity index (χ1) is 4.95.